The van der Waals surface area contributed by atoms with Crippen molar-refractivity contribution in [1.29, 1.82) is 0 Å². The van der Waals surface area contributed by atoms with E-state index in [4.69, 9.17) is 21.3 Å². The molecule has 1 heterocycles. The molecule has 0 atom stereocenters. The zero-order valence-electron chi connectivity index (χ0n) is 12.3. The maximum atomic E-state index is 12.2. The third kappa shape index (κ3) is 7.93. The van der Waals surface area contributed by atoms with Gasteiger partial charge in [-0.15, -0.1) is 0 Å². The third-order valence-corrected chi connectivity index (χ3v) is 6.10. The van der Waals surface area contributed by atoms with Crippen molar-refractivity contribution in [3.63, 3.8) is 0 Å². The normalized spacial score (nSPS) is 11.3. The Hall–Kier alpha value is -0.460. The lowest BCUT2D eigenvalue weighted by Gasteiger charge is -2.16. The summed E-state index contributed by atoms with van der Waals surface area (Å²) in [4.78, 5) is 4.04. The summed E-state index contributed by atoms with van der Waals surface area (Å²) in [6, 6.07) is 3.86. The molecule has 0 bridgehead atoms. The predicted octanol–water partition coefficient (Wildman–Crippen LogP) is 3.46. The van der Waals surface area contributed by atoms with Gasteiger partial charge in [-0.05, 0) is 25.5 Å². The number of thioether (sulfide) groups is 1. The van der Waals surface area contributed by atoms with Gasteiger partial charge in [0.2, 0.25) is 0 Å². The van der Waals surface area contributed by atoms with E-state index in [0.717, 1.165) is 5.56 Å². The Balaban J connectivity index is 2.27. The quantitative estimate of drug-likeness (QED) is 0.542. The molecule has 1 aromatic rings. The van der Waals surface area contributed by atoms with Crippen LogP contribution in [0.25, 0.3) is 0 Å². The molecule has 0 radical (unpaired) electrons. The summed E-state index contributed by atoms with van der Waals surface area (Å²) in [7, 11) is -2.97. The Labute approximate surface area is 135 Å². The van der Waals surface area contributed by atoms with Crippen LogP contribution in [0.3, 0.4) is 0 Å². The van der Waals surface area contributed by atoms with E-state index in [1.807, 2.05) is 12.1 Å². The second kappa shape index (κ2) is 10.3. The summed E-state index contributed by atoms with van der Waals surface area (Å²) in [6.45, 7) is 5.00. The van der Waals surface area contributed by atoms with Gasteiger partial charge in [-0.2, -0.15) is 0 Å². The van der Waals surface area contributed by atoms with Crippen LogP contribution in [-0.2, 0) is 20.2 Å². The lowest BCUT2D eigenvalue weighted by molar-refractivity contribution is 0.221. The number of hydrogen-bond acceptors (Lipinski definition) is 6. The SMILES string of the molecule is CCOP(=O)(CCSC(=S)NCc1cccnc1)OCC. The molecule has 0 aliphatic carbocycles. The Morgan fingerprint density at radius 3 is 2.71 bits per heavy atom. The smallest absolute Gasteiger partial charge is 0.331 e. The molecule has 118 valence electrons. The Morgan fingerprint density at radius 2 is 2.14 bits per heavy atom. The van der Waals surface area contributed by atoms with Gasteiger partial charge in [0.15, 0.2) is 0 Å². The minimum atomic E-state index is -2.97. The lowest BCUT2D eigenvalue weighted by atomic mass is 10.3. The van der Waals surface area contributed by atoms with E-state index in [9.17, 15) is 4.57 Å². The molecule has 0 aliphatic heterocycles. The minimum absolute atomic E-state index is 0.355. The standard InChI is InChI=1S/C13H21N2O3PS2/c1-3-17-19(16,18-4-2)8-9-21-13(20)15-11-12-6-5-7-14-10-12/h5-7,10H,3-4,8-9,11H2,1-2H3,(H,15,20). The van der Waals surface area contributed by atoms with E-state index < -0.39 is 7.60 Å². The van der Waals surface area contributed by atoms with Crippen LogP contribution in [0.4, 0.5) is 0 Å². The molecule has 0 aromatic carbocycles. The summed E-state index contributed by atoms with van der Waals surface area (Å²) >= 11 is 6.67. The van der Waals surface area contributed by atoms with Gasteiger partial charge in [0, 0.05) is 24.7 Å². The molecular weight excluding hydrogens is 327 g/mol. The molecule has 8 heteroatoms. The van der Waals surface area contributed by atoms with Gasteiger partial charge >= 0.3 is 7.60 Å². The van der Waals surface area contributed by atoms with E-state index in [2.05, 4.69) is 10.3 Å². The summed E-state index contributed by atoms with van der Waals surface area (Å²) in [5.74, 6) is 0.593. The molecule has 0 fully saturated rings. The van der Waals surface area contributed by atoms with Crippen molar-refractivity contribution in [2.24, 2.45) is 0 Å². The highest BCUT2D eigenvalue weighted by Gasteiger charge is 2.22. The summed E-state index contributed by atoms with van der Waals surface area (Å²) < 4.78 is 23.4. The number of aromatic nitrogens is 1. The van der Waals surface area contributed by atoms with Crippen LogP contribution >= 0.6 is 31.6 Å². The van der Waals surface area contributed by atoms with Crippen LogP contribution in [0.1, 0.15) is 19.4 Å². The van der Waals surface area contributed by atoms with Crippen molar-refractivity contribution in [3.05, 3.63) is 30.1 Å². The third-order valence-electron chi connectivity index (χ3n) is 2.41. The zero-order chi connectivity index (χ0) is 15.6. The van der Waals surface area contributed by atoms with Crippen molar-refractivity contribution in [2.45, 2.75) is 20.4 Å². The van der Waals surface area contributed by atoms with Gasteiger partial charge in [-0.25, -0.2) is 0 Å². The topological polar surface area (TPSA) is 60.5 Å². The first-order valence-corrected chi connectivity index (χ1v) is 9.89. The summed E-state index contributed by atoms with van der Waals surface area (Å²) in [5, 5.41) is 3.13. The molecule has 1 aromatic heterocycles. The van der Waals surface area contributed by atoms with Crippen molar-refractivity contribution in [3.8, 4) is 0 Å². The predicted molar refractivity (Wildman–Crippen MR) is 91.9 cm³/mol. The fraction of sp³-hybridized carbons (Fsp3) is 0.538. The molecule has 0 amide bonds. The second-order valence-electron chi connectivity index (χ2n) is 4.02. The Morgan fingerprint density at radius 1 is 1.43 bits per heavy atom. The van der Waals surface area contributed by atoms with E-state index in [0.29, 0.717) is 36.0 Å². The highest BCUT2D eigenvalue weighted by atomic mass is 32.2. The van der Waals surface area contributed by atoms with Gasteiger partial charge in [-0.3, -0.25) is 9.55 Å². The lowest BCUT2D eigenvalue weighted by Crippen LogP contribution is -2.18. The molecule has 0 saturated carbocycles. The van der Waals surface area contributed by atoms with Crippen LogP contribution in [0, 0.1) is 0 Å². The van der Waals surface area contributed by atoms with Crippen LogP contribution in [0.15, 0.2) is 24.5 Å². The second-order valence-corrected chi connectivity index (χ2v) is 7.98. The van der Waals surface area contributed by atoms with Crippen molar-refractivity contribution in [1.82, 2.24) is 10.3 Å². The number of nitrogens with zero attached hydrogens (tertiary/aromatic N) is 1. The monoisotopic (exact) mass is 348 g/mol. The summed E-state index contributed by atoms with van der Waals surface area (Å²) in [5.41, 5.74) is 1.06. The minimum Gasteiger partial charge on any atom is -0.367 e. The van der Waals surface area contributed by atoms with E-state index in [1.165, 1.54) is 11.8 Å². The first-order valence-electron chi connectivity index (χ1n) is 6.77. The van der Waals surface area contributed by atoms with Gasteiger partial charge < -0.3 is 14.4 Å². The van der Waals surface area contributed by atoms with Gasteiger partial charge in [0.1, 0.15) is 4.32 Å². The van der Waals surface area contributed by atoms with E-state index in [-0.39, 0.29) is 0 Å². The number of pyridine rings is 1. The average molecular weight is 348 g/mol. The highest BCUT2D eigenvalue weighted by molar-refractivity contribution is 8.23. The molecule has 5 nitrogen and oxygen atoms in total. The van der Waals surface area contributed by atoms with Crippen molar-refractivity contribution >= 4 is 35.9 Å². The number of thiocarbonyl (C=S) groups is 1. The van der Waals surface area contributed by atoms with E-state index >= 15 is 0 Å². The van der Waals surface area contributed by atoms with Crippen LogP contribution in [0.2, 0.25) is 0 Å². The van der Waals surface area contributed by atoms with Crippen LogP contribution < -0.4 is 5.32 Å². The molecule has 21 heavy (non-hydrogen) atoms. The molecule has 0 aliphatic rings. The van der Waals surface area contributed by atoms with Gasteiger partial charge in [-0.1, -0.05) is 30.0 Å². The van der Waals surface area contributed by atoms with Crippen LogP contribution in [-0.4, -0.2) is 34.4 Å². The average Bonchev–Trinajstić information content (AvgIpc) is 2.47. The first-order chi connectivity index (χ1) is 10.1. The van der Waals surface area contributed by atoms with E-state index in [1.54, 1.807) is 26.2 Å². The van der Waals surface area contributed by atoms with Gasteiger partial charge in [0.25, 0.3) is 0 Å². The highest BCUT2D eigenvalue weighted by Crippen LogP contribution is 2.48. The zero-order valence-corrected chi connectivity index (χ0v) is 14.8. The molecule has 1 N–H and O–H groups in total. The number of nitrogens with one attached hydrogen (secondary N) is 1. The summed E-state index contributed by atoms with van der Waals surface area (Å²) in [6.07, 6.45) is 3.88. The van der Waals surface area contributed by atoms with Crippen molar-refractivity contribution < 1.29 is 13.6 Å². The molecule has 0 unspecified atom stereocenters. The number of rotatable bonds is 9. The largest absolute Gasteiger partial charge is 0.367 e. The van der Waals surface area contributed by atoms with Crippen LogP contribution in [0.5, 0.6) is 0 Å². The molecular formula is C13H21N2O3PS2. The maximum Gasteiger partial charge on any atom is 0.331 e. The molecule has 0 saturated heterocycles. The molecule has 0 spiro atoms. The molecule has 1 rings (SSSR count). The Kier molecular flexibility index (Phi) is 9.11. The number of hydrogen-bond donors (Lipinski definition) is 1. The first kappa shape index (κ1) is 18.6. The van der Waals surface area contributed by atoms with Crippen molar-refractivity contribution in [2.75, 3.05) is 25.1 Å². The van der Waals surface area contributed by atoms with Gasteiger partial charge in [0.05, 0.1) is 19.4 Å². The fourth-order valence-corrected chi connectivity index (χ4v) is 4.60. The fourth-order valence-electron chi connectivity index (χ4n) is 1.54. The Bertz CT molecular complexity index is 464. The maximum absolute atomic E-state index is 12.2.